The van der Waals surface area contributed by atoms with Gasteiger partial charge in [0.2, 0.25) is 11.8 Å². The molecule has 1 N–H and O–H groups in total. The molecule has 0 spiro atoms. The molecule has 11 heteroatoms. The normalized spacial score (nSPS) is 13.2. The van der Waals surface area contributed by atoms with Crippen molar-refractivity contribution in [2.75, 3.05) is 19.8 Å². The summed E-state index contributed by atoms with van der Waals surface area (Å²) in [6, 6.07) is 6.70. The molecule has 0 saturated heterocycles. The van der Waals surface area contributed by atoms with Gasteiger partial charge in [-0.2, -0.15) is 23.4 Å². The highest BCUT2D eigenvalue weighted by Crippen LogP contribution is 2.38. The topological polar surface area (TPSA) is 93.8 Å². The maximum atomic E-state index is 13.4. The Morgan fingerprint density at radius 2 is 2.10 bits per heavy atom. The molecule has 0 radical (unpaired) electrons. The van der Waals surface area contributed by atoms with Crippen molar-refractivity contribution in [3.05, 3.63) is 41.0 Å². The highest BCUT2D eigenvalue weighted by atomic mass is 19.4. The average Bonchev–Trinajstić information content (AvgIpc) is 3.04. The first-order valence-corrected chi connectivity index (χ1v) is 8.66. The molecule has 1 aromatic heterocycles. The van der Waals surface area contributed by atoms with Crippen LogP contribution < -0.4 is 14.9 Å². The lowest BCUT2D eigenvalue weighted by Crippen LogP contribution is -2.27. The van der Waals surface area contributed by atoms with E-state index in [1.165, 1.54) is 18.2 Å². The van der Waals surface area contributed by atoms with Crippen LogP contribution in [0.25, 0.3) is 0 Å². The summed E-state index contributed by atoms with van der Waals surface area (Å²) in [7, 11) is -1.05. The molecule has 1 aliphatic heterocycles. The summed E-state index contributed by atoms with van der Waals surface area (Å²) in [5.41, 5.74) is -0.739. The van der Waals surface area contributed by atoms with Crippen LogP contribution in [-0.2, 0) is 22.2 Å². The van der Waals surface area contributed by atoms with Gasteiger partial charge < -0.3 is 23.9 Å². The van der Waals surface area contributed by atoms with Crippen LogP contribution in [0, 0.1) is 11.3 Å². The van der Waals surface area contributed by atoms with E-state index in [1.807, 2.05) is 0 Å². The number of benzene rings is 1. The van der Waals surface area contributed by atoms with E-state index in [0.29, 0.717) is 23.7 Å². The molecule has 0 saturated carbocycles. The highest BCUT2D eigenvalue weighted by Gasteiger charge is 2.37. The third-order valence-electron chi connectivity index (χ3n) is 4.05. The number of nitriles is 1. The summed E-state index contributed by atoms with van der Waals surface area (Å²) in [5, 5.41) is 18.8. The summed E-state index contributed by atoms with van der Waals surface area (Å²) in [6.45, 7) is 2.37. The largest absolute Gasteiger partial charge is 0.491 e. The van der Waals surface area contributed by atoms with Crippen LogP contribution in [0.1, 0.15) is 23.6 Å². The number of aromatic nitrogens is 1. The number of pyridine rings is 1. The molecule has 2 aromatic rings. The second-order valence-corrected chi connectivity index (χ2v) is 5.97. The first kappa shape index (κ1) is 20.9. The lowest BCUT2D eigenvalue weighted by molar-refractivity contribution is -0.138. The van der Waals surface area contributed by atoms with Gasteiger partial charge in [-0.1, -0.05) is 6.07 Å². The molecule has 2 heterocycles. The molecule has 0 amide bonds. The van der Waals surface area contributed by atoms with Gasteiger partial charge in [0.15, 0.2) is 0 Å². The van der Waals surface area contributed by atoms with Crippen molar-refractivity contribution in [1.82, 2.24) is 4.98 Å². The van der Waals surface area contributed by atoms with Crippen molar-refractivity contribution in [1.29, 1.82) is 5.26 Å². The van der Waals surface area contributed by atoms with Crippen LogP contribution in [0.5, 0.6) is 17.5 Å². The van der Waals surface area contributed by atoms with Gasteiger partial charge in [0.1, 0.15) is 24.0 Å². The Kier molecular flexibility index (Phi) is 6.27. The van der Waals surface area contributed by atoms with Gasteiger partial charge in [0.25, 0.3) is 0 Å². The zero-order valence-corrected chi connectivity index (χ0v) is 15.3. The Labute approximate surface area is 164 Å². The molecule has 1 aromatic carbocycles. The van der Waals surface area contributed by atoms with Gasteiger partial charge in [0.05, 0.1) is 18.8 Å². The number of halogens is 3. The van der Waals surface area contributed by atoms with Crippen LogP contribution in [0.3, 0.4) is 0 Å². The molecule has 7 nitrogen and oxygen atoms in total. The summed E-state index contributed by atoms with van der Waals surface area (Å²) >= 11 is 0. The van der Waals surface area contributed by atoms with E-state index in [0.717, 1.165) is 0 Å². The van der Waals surface area contributed by atoms with Gasteiger partial charge in [0, 0.05) is 12.7 Å². The quantitative estimate of drug-likeness (QED) is 0.556. The zero-order chi connectivity index (χ0) is 21.0. The van der Waals surface area contributed by atoms with Crippen LogP contribution in [0.4, 0.5) is 13.2 Å². The molecular formula is C18H16BF3N2O5. The molecule has 29 heavy (non-hydrogen) atoms. The predicted octanol–water partition coefficient (Wildman–Crippen LogP) is 2.40. The minimum absolute atomic E-state index is 0.0790. The molecule has 0 aliphatic carbocycles. The first-order chi connectivity index (χ1) is 13.8. The van der Waals surface area contributed by atoms with Crippen molar-refractivity contribution >= 4 is 12.6 Å². The number of fused-ring (bicyclic) bond motifs is 1. The second kappa shape index (κ2) is 8.69. The Bertz CT molecular complexity index is 933. The minimum atomic E-state index is -4.81. The zero-order valence-electron chi connectivity index (χ0n) is 15.3. The summed E-state index contributed by atoms with van der Waals surface area (Å²) in [6.07, 6.45) is -4.81. The molecule has 152 valence electrons. The number of nitrogens with zero attached hydrogens (tertiary/aromatic N) is 2. The monoisotopic (exact) mass is 408 g/mol. The summed E-state index contributed by atoms with van der Waals surface area (Å²) < 4.78 is 61.2. The second-order valence-electron chi connectivity index (χ2n) is 5.97. The van der Waals surface area contributed by atoms with Crippen molar-refractivity contribution in [2.24, 2.45) is 0 Å². The molecule has 0 unspecified atom stereocenters. The number of hydrogen-bond acceptors (Lipinski definition) is 7. The Hall–Kier alpha value is -2.81. The van der Waals surface area contributed by atoms with Crippen LogP contribution >= 0.6 is 0 Å². The highest BCUT2D eigenvalue weighted by molar-refractivity contribution is 6.61. The third-order valence-corrected chi connectivity index (χ3v) is 4.05. The Balaban J connectivity index is 1.92. The lowest BCUT2D eigenvalue weighted by atomic mass is 9.80. The molecule has 0 fully saturated rings. The number of alkyl halides is 3. The van der Waals surface area contributed by atoms with Gasteiger partial charge in [-0.25, -0.2) is 0 Å². The number of rotatable bonds is 7. The van der Waals surface area contributed by atoms with Gasteiger partial charge >= 0.3 is 13.3 Å². The standard InChI is InChI=1S/C18H16BF3N2O5/c1-2-26-5-6-27-17-13(9-23)14(18(20,21)22)8-16(24-17)29-12-3-4-15-11(7-12)10-28-19(15)25/h3-4,7-8,25H,2,5-6,10H2,1H3. The molecule has 1 aliphatic rings. The van der Waals surface area contributed by atoms with Crippen LogP contribution in [-0.4, -0.2) is 36.9 Å². The van der Waals surface area contributed by atoms with E-state index in [9.17, 15) is 23.5 Å². The SMILES string of the molecule is CCOCCOc1nc(Oc2ccc3c(c2)COB3O)cc(C(F)(F)F)c1C#N. The smallest absolute Gasteiger partial charge is 0.474 e. The Morgan fingerprint density at radius 1 is 1.31 bits per heavy atom. The molecule has 0 bridgehead atoms. The van der Waals surface area contributed by atoms with Crippen LogP contribution in [0.2, 0.25) is 0 Å². The average molecular weight is 408 g/mol. The van der Waals surface area contributed by atoms with E-state index >= 15 is 0 Å². The number of ether oxygens (including phenoxy) is 3. The van der Waals surface area contributed by atoms with Gasteiger partial charge in [-0.15, -0.1) is 0 Å². The van der Waals surface area contributed by atoms with Gasteiger partial charge in [-0.3, -0.25) is 0 Å². The lowest BCUT2D eigenvalue weighted by Gasteiger charge is -2.15. The fourth-order valence-electron chi connectivity index (χ4n) is 2.72. The summed E-state index contributed by atoms with van der Waals surface area (Å²) in [5.74, 6) is -0.675. The van der Waals surface area contributed by atoms with E-state index in [2.05, 4.69) is 4.98 Å². The van der Waals surface area contributed by atoms with Crippen molar-refractivity contribution in [3.63, 3.8) is 0 Å². The predicted molar refractivity (Wildman–Crippen MR) is 94.9 cm³/mol. The maximum absolute atomic E-state index is 13.4. The maximum Gasteiger partial charge on any atom is 0.491 e. The minimum Gasteiger partial charge on any atom is -0.474 e. The third kappa shape index (κ3) is 4.79. The van der Waals surface area contributed by atoms with Crippen molar-refractivity contribution in [2.45, 2.75) is 19.7 Å². The molecular weight excluding hydrogens is 392 g/mol. The number of hydrogen-bond donors (Lipinski definition) is 1. The van der Waals surface area contributed by atoms with E-state index in [4.69, 9.17) is 18.9 Å². The van der Waals surface area contributed by atoms with E-state index in [1.54, 1.807) is 13.0 Å². The molecule has 3 rings (SSSR count). The van der Waals surface area contributed by atoms with Gasteiger partial charge in [-0.05, 0) is 30.1 Å². The van der Waals surface area contributed by atoms with E-state index < -0.39 is 30.3 Å². The Morgan fingerprint density at radius 3 is 2.79 bits per heavy atom. The summed E-state index contributed by atoms with van der Waals surface area (Å²) in [4.78, 5) is 3.92. The van der Waals surface area contributed by atoms with E-state index in [-0.39, 0.29) is 31.5 Å². The molecule has 0 atom stereocenters. The fraction of sp³-hybridized carbons (Fsp3) is 0.333. The first-order valence-electron chi connectivity index (χ1n) is 8.66. The van der Waals surface area contributed by atoms with Crippen molar-refractivity contribution < 1.29 is 37.1 Å². The van der Waals surface area contributed by atoms with Crippen molar-refractivity contribution in [3.8, 4) is 23.6 Å². The van der Waals surface area contributed by atoms with Crippen LogP contribution in [0.15, 0.2) is 24.3 Å². The fourth-order valence-corrected chi connectivity index (χ4v) is 2.72.